The van der Waals surface area contributed by atoms with E-state index in [1.807, 2.05) is 17.0 Å². The molecule has 1 saturated carbocycles. The van der Waals surface area contributed by atoms with Gasteiger partial charge in [-0.25, -0.2) is 9.18 Å². The number of likely N-dealkylation sites (tertiary alicyclic amines) is 1. The van der Waals surface area contributed by atoms with Gasteiger partial charge in [0.2, 0.25) is 0 Å². The highest BCUT2D eigenvalue weighted by molar-refractivity contribution is 5.76. The normalized spacial score (nSPS) is 26.1. The van der Waals surface area contributed by atoms with Gasteiger partial charge in [-0.1, -0.05) is 0 Å². The summed E-state index contributed by atoms with van der Waals surface area (Å²) in [6.45, 7) is 2.67. The van der Waals surface area contributed by atoms with Gasteiger partial charge in [-0.2, -0.15) is 5.10 Å². The number of nitrogens with one attached hydrogen (secondary N) is 2. The third-order valence-electron chi connectivity index (χ3n) is 8.00. The zero-order valence-electron chi connectivity index (χ0n) is 20.0. The Morgan fingerprint density at radius 2 is 2.14 bits per heavy atom. The number of H-pyrrole nitrogens is 1. The number of fused-ring (bicyclic) bond motifs is 3. The lowest BCUT2D eigenvalue weighted by molar-refractivity contribution is 0.159. The molecule has 2 bridgehead atoms. The van der Waals surface area contributed by atoms with Crippen LogP contribution in [-0.2, 0) is 17.7 Å². The summed E-state index contributed by atoms with van der Waals surface area (Å²) >= 11 is 0. The molecule has 0 aromatic carbocycles. The van der Waals surface area contributed by atoms with Crippen LogP contribution in [0.1, 0.15) is 36.9 Å². The van der Waals surface area contributed by atoms with Crippen LogP contribution in [0.25, 0.3) is 11.3 Å². The van der Waals surface area contributed by atoms with Gasteiger partial charge in [-0.3, -0.25) is 15.0 Å². The fourth-order valence-electron chi connectivity index (χ4n) is 6.27. The number of hydrogen-bond acceptors (Lipinski definition) is 5. The Bertz CT molecular complexity index is 1180. The van der Waals surface area contributed by atoms with Crippen LogP contribution in [0.3, 0.4) is 0 Å². The van der Waals surface area contributed by atoms with E-state index in [0.717, 1.165) is 60.5 Å². The molecule has 8 nitrogen and oxygen atoms in total. The van der Waals surface area contributed by atoms with E-state index < -0.39 is 0 Å². The lowest BCUT2D eigenvalue weighted by atomic mass is 10.0. The molecule has 2 aliphatic carbocycles. The number of halogens is 1. The molecule has 3 atom stereocenters. The van der Waals surface area contributed by atoms with Crippen LogP contribution in [-0.4, -0.2) is 69.8 Å². The van der Waals surface area contributed by atoms with Crippen LogP contribution in [0.4, 0.5) is 9.18 Å². The van der Waals surface area contributed by atoms with Crippen molar-refractivity contribution in [2.75, 3.05) is 26.7 Å². The molecule has 4 aliphatic rings. The Hall–Kier alpha value is -3.20. The zero-order chi connectivity index (χ0) is 23.9. The maximum Gasteiger partial charge on any atom is 0.317 e. The van der Waals surface area contributed by atoms with Crippen molar-refractivity contribution in [3.63, 3.8) is 0 Å². The second kappa shape index (κ2) is 9.11. The van der Waals surface area contributed by atoms with E-state index >= 15 is 0 Å². The molecule has 2 aliphatic heterocycles. The maximum atomic E-state index is 14.6. The molecule has 2 fully saturated rings. The van der Waals surface area contributed by atoms with Crippen LogP contribution in [0.15, 0.2) is 47.8 Å². The average Bonchev–Trinajstić information content (AvgIpc) is 3.59. The summed E-state index contributed by atoms with van der Waals surface area (Å²) in [7, 11) is 1.62. The van der Waals surface area contributed by atoms with E-state index in [1.165, 1.54) is 0 Å². The summed E-state index contributed by atoms with van der Waals surface area (Å²) in [5.74, 6) is 1.13. The second-order valence-corrected chi connectivity index (χ2v) is 10.0. The standard InChI is InChI=1S/C26H31FN6O2/c1-35-24-4-2-3-20(27)18(24)14-33-13-16-11-22(23(33)12-16)29-26(34)32-10-7-21-19(15-32)25(31-30-21)17-5-8-28-9-6-17/h3,5-6,8-9,16,22-23H,2,4,7,10-15H2,1H3,(H,29,34)(H,30,31). The second-order valence-electron chi connectivity index (χ2n) is 10.0. The topological polar surface area (TPSA) is 86.4 Å². The number of urea groups is 1. The van der Waals surface area contributed by atoms with Gasteiger partial charge in [-0.05, 0) is 43.4 Å². The van der Waals surface area contributed by atoms with Gasteiger partial charge in [0.15, 0.2) is 0 Å². The molecule has 2 N–H and O–H groups in total. The van der Waals surface area contributed by atoms with Crippen molar-refractivity contribution >= 4 is 6.03 Å². The summed E-state index contributed by atoms with van der Waals surface area (Å²) in [5, 5.41) is 11.0. The molecule has 0 spiro atoms. The summed E-state index contributed by atoms with van der Waals surface area (Å²) < 4.78 is 20.1. The predicted molar refractivity (Wildman–Crippen MR) is 129 cm³/mol. The van der Waals surface area contributed by atoms with Gasteiger partial charge < -0.3 is 15.0 Å². The van der Waals surface area contributed by atoms with Crippen molar-refractivity contribution in [3.8, 4) is 11.3 Å². The Balaban J connectivity index is 1.13. The van der Waals surface area contributed by atoms with Gasteiger partial charge in [0.1, 0.15) is 11.6 Å². The van der Waals surface area contributed by atoms with Crippen LogP contribution >= 0.6 is 0 Å². The summed E-state index contributed by atoms with van der Waals surface area (Å²) in [6, 6.07) is 4.15. The minimum atomic E-state index is -0.161. The first-order chi connectivity index (χ1) is 17.1. The Kier molecular flexibility index (Phi) is 5.80. The molecule has 2 aromatic rings. The third kappa shape index (κ3) is 4.11. The van der Waals surface area contributed by atoms with E-state index in [2.05, 4.69) is 25.4 Å². The van der Waals surface area contributed by atoms with Crippen LogP contribution in [0.5, 0.6) is 0 Å². The van der Waals surface area contributed by atoms with Crippen molar-refractivity contribution in [3.05, 3.63) is 59.0 Å². The van der Waals surface area contributed by atoms with Gasteiger partial charge in [0.05, 0.1) is 19.3 Å². The fraction of sp³-hybridized carbons (Fsp3) is 0.500. The molecular weight excluding hydrogens is 447 g/mol. The smallest absolute Gasteiger partial charge is 0.317 e. The molecule has 9 heteroatoms. The molecule has 6 rings (SSSR count). The number of ether oxygens (including phenoxy) is 1. The summed E-state index contributed by atoms with van der Waals surface area (Å²) in [5.41, 5.74) is 4.72. The minimum Gasteiger partial charge on any atom is -0.501 e. The van der Waals surface area contributed by atoms with Crippen LogP contribution in [0, 0.1) is 5.92 Å². The highest BCUT2D eigenvalue weighted by Gasteiger charge is 2.46. The number of hydrogen-bond donors (Lipinski definition) is 2. The van der Waals surface area contributed by atoms with E-state index in [0.29, 0.717) is 37.5 Å². The predicted octanol–water partition coefficient (Wildman–Crippen LogP) is 3.55. The number of aromatic amines is 1. The molecule has 35 heavy (non-hydrogen) atoms. The van der Waals surface area contributed by atoms with Crippen molar-refractivity contribution in [2.24, 2.45) is 5.92 Å². The van der Waals surface area contributed by atoms with E-state index in [-0.39, 0.29) is 23.9 Å². The van der Waals surface area contributed by atoms with E-state index in [9.17, 15) is 9.18 Å². The van der Waals surface area contributed by atoms with Gasteiger partial charge in [0.25, 0.3) is 0 Å². The number of nitrogens with zero attached hydrogens (tertiary/aromatic N) is 4. The Morgan fingerprint density at radius 3 is 2.94 bits per heavy atom. The molecule has 0 radical (unpaired) electrons. The first kappa shape index (κ1) is 22.3. The molecule has 3 unspecified atom stereocenters. The molecule has 1 saturated heterocycles. The lowest BCUT2D eigenvalue weighted by Crippen LogP contribution is -2.54. The summed E-state index contributed by atoms with van der Waals surface area (Å²) in [6.07, 6.45) is 9.37. The molecule has 184 valence electrons. The Morgan fingerprint density at radius 1 is 1.29 bits per heavy atom. The largest absolute Gasteiger partial charge is 0.501 e. The number of rotatable bonds is 5. The zero-order valence-corrected chi connectivity index (χ0v) is 20.0. The molecule has 2 aromatic heterocycles. The van der Waals surface area contributed by atoms with Crippen molar-refractivity contribution < 1.29 is 13.9 Å². The monoisotopic (exact) mass is 478 g/mol. The van der Waals surface area contributed by atoms with Crippen molar-refractivity contribution in [1.82, 2.24) is 30.3 Å². The first-order valence-electron chi connectivity index (χ1n) is 12.5. The number of piperidine rings is 1. The molecule has 2 amide bonds. The van der Waals surface area contributed by atoms with Crippen molar-refractivity contribution in [1.29, 1.82) is 0 Å². The fourth-order valence-corrected chi connectivity index (χ4v) is 6.27. The van der Waals surface area contributed by atoms with Gasteiger partial charge in [-0.15, -0.1) is 0 Å². The highest BCUT2D eigenvalue weighted by atomic mass is 19.1. The van der Waals surface area contributed by atoms with Crippen molar-refractivity contribution in [2.45, 2.75) is 50.7 Å². The average molecular weight is 479 g/mol. The van der Waals surface area contributed by atoms with Gasteiger partial charge in [0, 0.05) is 79.3 Å². The first-order valence-corrected chi connectivity index (χ1v) is 12.5. The number of amides is 2. The lowest BCUT2D eigenvalue weighted by Gasteiger charge is -2.36. The SMILES string of the molecule is COC1=C(CN2CC3CC(NC(=O)N4CCc5[nH]nc(-c6ccncc6)c5C4)C2C3)C(F)=CCC1. The number of pyridine rings is 1. The molecular formula is C26H31FN6O2. The quantitative estimate of drug-likeness (QED) is 0.687. The maximum absolute atomic E-state index is 14.6. The summed E-state index contributed by atoms with van der Waals surface area (Å²) in [4.78, 5) is 21.6. The number of allylic oxidation sites excluding steroid dienone is 2. The minimum absolute atomic E-state index is 0.0319. The third-order valence-corrected chi connectivity index (χ3v) is 8.00. The van der Waals surface area contributed by atoms with Crippen LogP contribution < -0.4 is 5.32 Å². The molecule has 4 heterocycles. The number of methoxy groups -OCH3 is 1. The van der Waals surface area contributed by atoms with Crippen LogP contribution in [0.2, 0.25) is 0 Å². The highest BCUT2D eigenvalue weighted by Crippen LogP contribution is 2.40. The number of carbonyl (C=O) groups is 1. The van der Waals surface area contributed by atoms with E-state index in [1.54, 1.807) is 25.6 Å². The van der Waals surface area contributed by atoms with E-state index in [4.69, 9.17) is 4.74 Å². The number of carbonyl (C=O) groups excluding carboxylic acids is 1. The Labute approximate surface area is 204 Å². The number of aromatic nitrogens is 3. The van der Waals surface area contributed by atoms with Gasteiger partial charge >= 0.3 is 6.03 Å².